The van der Waals surface area contributed by atoms with Gasteiger partial charge in [-0.2, -0.15) is 0 Å². The molecule has 1 heterocycles. The molecule has 0 unspecified atom stereocenters. The molecule has 3 nitrogen and oxygen atoms in total. The SMILES string of the molecule is CC(C)OCCOCCNCc1ccc(Cl)s1. The molecule has 98 valence electrons. The van der Waals surface area contributed by atoms with E-state index >= 15 is 0 Å². The van der Waals surface area contributed by atoms with Crippen LogP contribution in [0.2, 0.25) is 4.34 Å². The average Bonchev–Trinajstić information content (AvgIpc) is 2.68. The van der Waals surface area contributed by atoms with Gasteiger partial charge in [-0.25, -0.2) is 0 Å². The molecule has 1 N–H and O–H groups in total. The van der Waals surface area contributed by atoms with Gasteiger partial charge in [-0.3, -0.25) is 0 Å². The van der Waals surface area contributed by atoms with Gasteiger partial charge in [-0.15, -0.1) is 11.3 Å². The van der Waals surface area contributed by atoms with E-state index in [-0.39, 0.29) is 6.10 Å². The normalized spacial score (nSPS) is 11.3. The molecule has 0 saturated carbocycles. The van der Waals surface area contributed by atoms with Crippen molar-refractivity contribution in [2.24, 2.45) is 0 Å². The first-order valence-electron chi connectivity index (χ1n) is 5.83. The Balaban J connectivity index is 1.88. The van der Waals surface area contributed by atoms with Crippen LogP contribution in [0.3, 0.4) is 0 Å². The first-order chi connectivity index (χ1) is 8.18. The van der Waals surface area contributed by atoms with Gasteiger partial charge in [-0.05, 0) is 26.0 Å². The van der Waals surface area contributed by atoms with E-state index in [4.69, 9.17) is 21.1 Å². The molecule has 0 aliphatic carbocycles. The summed E-state index contributed by atoms with van der Waals surface area (Å²) in [5, 5.41) is 3.30. The van der Waals surface area contributed by atoms with Gasteiger partial charge >= 0.3 is 0 Å². The first kappa shape index (κ1) is 14.9. The molecular formula is C12H20ClNO2S. The second-order valence-electron chi connectivity index (χ2n) is 3.91. The molecule has 5 heteroatoms. The van der Waals surface area contributed by atoms with E-state index in [1.54, 1.807) is 11.3 Å². The summed E-state index contributed by atoms with van der Waals surface area (Å²) in [6, 6.07) is 3.96. The van der Waals surface area contributed by atoms with Crippen LogP contribution < -0.4 is 5.32 Å². The molecule has 17 heavy (non-hydrogen) atoms. The van der Waals surface area contributed by atoms with Crippen LogP contribution in [0.25, 0.3) is 0 Å². The lowest BCUT2D eigenvalue weighted by Crippen LogP contribution is -2.20. The molecule has 0 aliphatic heterocycles. The minimum absolute atomic E-state index is 0.278. The maximum atomic E-state index is 5.84. The second-order valence-corrected chi connectivity index (χ2v) is 5.71. The minimum Gasteiger partial charge on any atom is -0.378 e. The van der Waals surface area contributed by atoms with E-state index in [1.165, 1.54) is 4.88 Å². The molecule has 0 radical (unpaired) electrons. The minimum atomic E-state index is 0.278. The molecule has 1 aromatic rings. The van der Waals surface area contributed by atoms with Gasteiger partial charge in [0.15, 0.2) is 0 Å². The third-order valence-corrected chi connectivity index (χ3v) is 3.26. The fourth-order valence-electron chi connectivity index (χ4n) is 1.25. The molecule has 0 fully saturated rings. The highest BCUT2D eigenvalue weighted by Gasteiger charge is 1.97. The molecule has 1 rings (SSSR count). The zero-order valence-electron chi connectivity index (χ0n) is 10.4. The Morgan fingerprint density at radius 2 is 2.12 bits per heavy atom. The van der Waals surface area contributed by atoms with E-state index in [2.05, 4.69) is 5.32 Å². The van der Waals surface area contributed by atoms with Crippen LogP contribution in [0.15, 0.2) is 12.1 Å². The lowest BCUT2D eigenvalue weighted by atomic mass is 10.4. The maximum absolute atomic E-state index is 5.84. The van der Waals surface area contributed by atoms with Crippen molar-refractivity contribution in [3.8, 4) is 0 Å². The molecule has 0 spiro atoms. The molecule has 0 aromatic carbocycles. The first-order valence-corrected chi connectivity index (χ1v) is 7.02. The van der Waals surface area contributed by atoms with E-state index < -0.39 is 0 Å². The summed E-state index contributed by atoms with van der Waals surface area (Å²) >= 11 is 7.44. The van der Waals surface area contributed by atoms with Crippen molar-refractivity contribution < 1.29 is 9.47 Å². The lowest BCUT2D eigenvalue weighted by molar-refractivity contribution is 0.0204. The van der Waals surface area contributed by atoms with Crippen LogP contribution in [0.1, 0.15) is 18.7 Å². The quantitative estimate of drug-likeness (QED) is 0.704. The predicted octanol–water partition coefficient (Wildman–Crippen LogP) is 2.93. The predicted molar refractivity (Wildman–Crippen MR) is 72.9 cm³/mol. The zero-order chi connectivity index (χ0) is 12.5. The summed E-state index contributed by atoms with van der Waals surface area (Å²) in [6.45, 7) is 7.77. The highest BCUT2D eigenvalue weighted by atomic mass is 35.5. The molecule has 1 aromatic heterocycles. The van der Waals surface area contributed by atoms with Crippen molar-refractivity contribution in [2.75, 3.05) is 26.4 Å². The van der Waals surface area contributed by atoms with Gasteiger partial charge in [0.1, 0.15) is 0 Å². The van der Waals surface area contributed by atoms with E-state index in [9.17, 15) is 0 Å². The molecule has 0 bridgehead atoms. The Kier molecular flexibility index (Phi) is 7.81. The number of hydrogen-bond donors (Lipinski definition) is 1. The van der Waals surface area contributed by atoms with Gasteiger partial charge in [0.2, 0.25) is 0 Å². The Bertz CT molecular complexity index is 304. The Morgan fingerprint density at radius 3 is 2.76 bits per heavy atom. The van der Waals surface area contributed by atoms with Gasteiger partial charge in [0.25, 0.3) is 0 Å². The van der Waals surface area contributed by atoms with E-state index in [0.717, 1.165) is 17.4 Å². The fraction of sp³-hybridized carbons (Fsp3) is 0.667. The lowest BCUT2D eigenvalue weighted by Gasteiger charge is -2.08. The highest BCUT2D eigenvalue weighted by molar-refractivity contribution is 7.16. The highest BCUT2D eigenvalue weighted by Crippen LogP contribution is 2.20. The summed E-state index contributed by atoms with van der Waals surface area (Å²) in [5.41, 5.74) is 0. The third kappa shape index (κ3) is 7.73. The molecule has 0 saturated heterocycles. The summed E-state index contributed by atoms with van der Waals surface area (Å²) in [7, 11) is 0. The number of rotatable bonds is 9. The fourth-order valence-corrected chi connectivity index (χ4v) is 2.30. The van der Waals surface area contributed by atoms with Gasteiger partial charge in [-0.1, -0.05) is 11.6 Å². The van der Waals surface area contributed by atoms with Gasteiger partial charge in [0, 0.05) is 18.0 Å². The van der Waals surface area contributed by atoms with E-state index in [0.29, 0.717) is 19.8 Å². The Hall–Kier alpha value is -0.130. The van der Waals surface area contributed by atoms with Crippen LogP contribution in [-0.4, -0.2) is 32.5 Å². The van der Waals surface area contributed by atoms with Crippen LogP contribution >= 0.6 is 22.9 Å². The van der Waals surface area contributed by atoms with Crippen molar-refractivity contribution in [2.45, 2.75) is 26.5 Å². The maximum Gasteiger partial charge on any atom is 0.0931 e. The standard InChI is InChI=1S/C12H20ClNO2S/c1-10(2)16-8-7-15-6-5-14-9-11-3-4-12(13)17-11/h3-4,10,14H,5-9H2,1-2H3. The van der Waals surface area contributed by atoms with Crippen LogP contribution in [-0.2, 0) is 16.0 Å². The number of nitrogens with one attached hydrogen (secondary N) is 1. The van der Waals surface area contributed by atoms with Crippen molar-refractivity contribution in [3.63, 3.8) is 0 Å². The third-order valence-electron chi connectivity index (χ3n) is 2.03. The summed E-state index contributed by atoms with van der Waals surface area (Å²) in [6.07, 6.45) is 0.278. The van der Waals surface area contributed by atoms with Gasteiger partial charge < -0.3 is 14.8 Å². The molecule has 0 atom stereocenters. The number of thiophene rings is 1. The Labute approximate surface area is 112 Å². The van der Waals surface area contributed by atoms with Crippen molar-refractivity contribution in [3.05, 3.63) is 21.3 Å². The molecular weight excluding hydrogens is 258 g/mol. The average molecular weight is 278 g/mol. The second kappa shape index (κ2) is 8.89. The van der Waals surface area contributed by atoms with Crippen molar-refractivity contribution in [1.29, 1.82) is 0 Å². The Morgan fingerprint density at radius 1 is 1.29 bits per heavy atom. The number of ether oxygens (including phenoxy) is 2. The van der Waals surface area contributed by atoms with Crippen molar-refractivity contribution in [1.82, 2.24) is 5.32 Å². The topological polar surface area (TPSA) is 30.5 Å². The largest absolute Gasteiger partial charge is 0.378 e. The van der Waals surface area contributed by atoms with Crippen LogP contribution in [0.4, 0.5) is 0 Å². The molecule has 0 amide bonds. The zero-order valence-corrected chi connectivity index (χ0v) is 11.9. The van der Waals surface area contributed by atoms with Crippen molar-refractivity contribution >= 4 is 22.9 Å². The summed E-state index contributed by atoms with van der Waals surface area (Å²) in [5.74, 6) is 0. The number of halogens is 1. The van der Waals surface area contributed by atoms with Crippen LogP contribution in [0, 0.1) is 0 Å². The smallest absolute Gasteiger partial charge is 0.0931 e. The number of hydrogen-bond acceptors (Lipinski definition) is 4. The van der Waals surface area contributed by atoms with E-state index in [1.807, 2.05) is 26.0 Å². The summed E-state index contributed by atoms with van der Waals surface area (Å²) < 4.78 is 11.6. The monoisotopic (exact) mass is 277 g/mol. The van der Waals surface area contributed by atoms with Crippen LogP contribution in [0.5, 0.6) is 0 Å². The molecule has 0 aliphatic rings. The summed E-state index contributed by atoms with van der Waals surface area (Å²) in [4.78, 5) is 1.25. The van der Waals surface area contributed by atoms with Gasteiger partial charge in [0.05, 0.1) is 30.3 Å².